The number of rotatable bonds is 6. The van der Waals surface area contributed by atoms with Gasteiger partial charge < -0.3 is 10.5 Å². The first-order valence-corrected chi connectivity index (χ1v) is 6.18. The fraction of sp³-hybridized carbons (Fsp3) is 0.538. The molecular weight excluding hydrogens is 222 g/mol. The van der Waals surface area contributed by atoms with Crippen molar-refractivity contribution in [1.82, 2.24) is 0 Å². The molecule has 3 heteroatoms. The highest BCUT2D eigenvalue weighted by molar-refractivity contribution is 6.32. The van der Waals surface area contributed by atoms with E-state index in [-0.39, 0.29) is 0 Å². The van der Waals surface area contributed by atoms with Crippen LogP contribution >= 0.6 is 11.6 Å². The summed E-state index contributed by atoms with van der Waals surface area (Å²) < 4.78 is 5.65. The molecule has 0 aliphatic rings. The molecule has 0 aliphatic heterocycles. The van der Waals surface area contributed by atoms with E-state index in [9.17, 15) is 0 Å². The van der Waals surface area contributed by atoms with Crippen LogP contribution in [0.25, 0.3) is 0 Å². The first-order valence-electron chi connectivity index (χ1n) is 5.81. The van der Waals surface area contributed by atoms with E-state index in [1.165, 1.54) is 11.1 Å². The van der Waals surface area contributed by atoms with E-state index < -0.39 is 0 Å². The van der Waals surface area contributed by atoms with Gasteiger partial charge >= 0.3 is 0 Å². The second kappa shape index (κ2) is 6.77. The number of ether oxygens (including phenoxy) is 1. The zero-order chi connectivity index (χ0) is 12.0. The smallest absolute Gasteiger partial charge is 0.138 e. The maximum absolute atomic E-state index is 6.12. The molecule has 0 spiro atoms. The average Bonchev–Trinajstić information content (AvgIpc) is 2.25. The zero-order valence-corrected chi connectivity index (χ0v) is 10.8. The Morgan fingerprint density at radius 2 is 2.12 bits per heavy atom. The van der Waals surface area contributed by atoms with Crippen molar-refractivity contribution < 1.29 is 4.74 Å². The molecule has 0 atom stereocenters. The second-order valence-corrected chi connectivity index (χ2v) is 4.36. The molecule has 0 radical (unpaired) electrons. The van der Waals surface area contributed by atoms with Gasteiger partial charge in [0.05, 0.1) is 11.6 Å². The summed E-state index contributed by atoms with van der Waals surface area (Å²) in [5.41, 5.74) is 7.97. The van der Waals surface area contributed by atoms with Crippen LogP contribution in [0, 0.1) is 6.92 Å². The van der Waals surface area contributed by atoms with Crippen LogP contribution in [-0.4, -0.2) is 13.2 Å². The van der Waals surface area contributed by atoms with Gasteiger partial charge in [-0.25, -0.2) is 0 Å². The molecule has 0 unspecified atom stereocenters. The largest absolute Gasteiger partial charge is 0.492 e. The summed E-state index contributed by atoms with van der Waals surface area (Å²) in [6.45, 7) is 5.56. The van der Waals surface area contributed by atoms with Crippen molar-refractivity contribution >= 4 is 11.6 Å². The lowest BCUT2D eigenvalue weighted by atomic mass is 10.1. The summed E-state index contributed by atoms with van der Waals surface area (Å²) in [6.07, 6.45) is 3.04. The van der Waals surface area contributed by atoms with Crippen molar-refractivity contribution in [2.75, 3.05) is 13.2 Å². The van der Waals surface area contributed by atoms with Crippen LogP contribution in [0.15, 0.2) is 12.1 Å². The van der Waals surface area contributed by atoms with Gasteiger partial charge in [0.25, 0.3) is 0 Å². The molecule has 0 amide bonds. The Morgan fingerprint density at radius 3 is 2.75 bits per heavy atom. The van der Waals surface area contributed by atoms with Crippen molar-refractivity contribution in [1.29, 1.82) is 0 Å². The van der Waals surface area contributed by atoms with Crippen LogP contribution in [0.5, 0.6) is 5.75 Å². The van der Waals surface area contributed by atoms with Gasteiger partial charge in [0.15, 0.2) is 0 Å². The molecule has 0 saturated heterocycles. The molecule has 1 rings (SSSR count). The van der Waals surface area contributed by atoms with Gasteiger partial charge in [-0.3, -0.25) is 0 Å². The molecular formula is C13H20ClNO. The van der Waals surface area contributed by atoms with E-state index in [1.807, 2.05) is 19.1 Å². The van der Waals surface area contributed by atoms with Crippen LogP contribution in [0.2, 0.25) is 5.02 Å². The van der Waals surface area contributed by atoms with Crippen molar-refractivity contribution in [2.24, 2.45) is 5.73 Å². The lowest BCUT2D eigenvalue weighted by Crippen LogP contribution is -2.05. The molecule has 16 heavy (non-hydrogen) atoms. The first-order chi connectivity index (χ1) is 7.69. The highest BCUT2D eigenvalue weighted by Gasteiger charge is 2.06. The minimum atomic E-state index is 0.650. The molecule has 0 aromatic heterocycles. The first kappa shape index (κ1) is 13.3. The SMILES string of the molecule is CCCCOc1cc(CCN)c(C)cc1Cl. The number of aryl methyl sites for hydroxylation is 1. The number of hydrogen-bond donors (Lipinski definition) is 1. The van der Waals surface area contributed by atoms with Crippen molar-refractivity contribution in [3.63, 3.8) is 0 Å². The lowest BCUT2D eigenvalue weighted by molar-refractivity contribution is 0.309. The van der Waals surface area contributed by atoms with E-state index in [0.29, 0.717) is 11.6 Å². The van der Waals surface area contributed by atoms with E-state index in [1.54, 1.807) is 0 Å². The van der Waals surface area contributed by atoms with E-state index in [4.69, 9.17) is 22.1 Å². The van der Waals surface area contributed by atoms with Crippen LogP contribution in [-0.2, 0) is 6.42 Å². The van der Waals surface area contributed by atoms with Crippen LogP contribution in [0.4, 0.5) is 0 Å². The van der Waals surface area contributed by atoms with Gasteiger partial charge in [-0.15, -0.1) is 0 Å². The van der Waals surface area contributed by atoms with Gasteiger partial charge in [-0.2, -0.15) is 0 Å². The van der Waals surface area contributed by atoms with E-state index in [0.717, 1.165) is 31.6 Å². The summed E-state index contributed by atoms with van der Waals surface area (Å²) in [7, 11) is 0. The van der Waals surface area contributed by atoms with Gasteiger partial charge in [0.1, 0.15) is 5.75 Å². The highest BCUT2D eigenvalue weighted by Crippen LogP contribution is 2.28. The molecule has 1 aromatic rings. The number of halogens is 1. The van der Waals surface area contributed by atoms with Crippen LogP contribution in [0.3, 0.4) is 0 Å². The third-order valence-electron chi connectivity index (χ3n) is 2.56. The molecule has 1 aromatic carbocycles. The molecule has 2 nitrogen and oxygen atoms in total. The molecule has 0 saturated carbocycles. The summed E-state index contributed by atoms with van der Waals surface area (Å²) >= 11 is 6.12. The fourth-order valence-corrected chi connectivity index (χ4v) is 1.83. The van der Waals surface area contributed by atoms with Crippen LogP contribution < -0.4 is 10.5 Å². The Morgan fingerprint density at radius 1 is 1.38 bits per heavy atom. The van der Waals surface area contributed by atoms with Gasteiger partial charge in [-0.05, 0) is 49.6 Å². The Balaban J connectivity index is 2.78. The molecule has 0 fully saturated rings. The molecule has 0 heterocycles. The van der Waals surface area contributed by atoms with Crippen molar-refractivity contribution in [3.8, 4) is 5.75 Å². The molecule has 0 bridgehead atoms. The summed E-state index contributed by atoms with van der Waals surface area (Å²) in [5, 5.41) is 0.689. The minimum absolute atomic E-state index is 0.650. The highest BCUT2D eigenvalue weighted by atomic mass is 35.5. The number of hydrogen-bond acceptors (Lipinski definition) is 2. The Bertz CT molecular complexity index is 339. The normalized spacial score (nSPS) is 10.5. The Hall–Kier alpha value is -0.730. The number of unbranched alkanes of at least 4 members (excludes halogenated alkanes) is 1. The van der Waals surface area contributed by atoms with Gasteiger partial charge in [-0.1, -0.05) is 24.9 Å². The summed E-state index contributed by atoms with van der Waals surface area (Å²) in [6, 6.07) is 3.97. The van der Waals surface area contributed by atoms with E-state index in [2.05, 4.69) is 6.92 Å². The van der Waals surface area contributed by atoms with Gasteiger partial charge in [0.2, 0.25) is 0 Å². The fourth-order valence-electron chi connectivity index (χ4n) is 1.56. The predicted octanol–water partition coefficient (Wildman–Crippen LogP) is 3.33. The quantitative estimate of drug-likeness (QED) is 0.776. The van der Waals surface area contributed by atoms with E-state index >= 15 is 0 Å². The summed E-state index contributed by atoms with van der Waals surface area (Å²) in [4.78, 5) is 0. The third kappa shape index (κ3) is 3.69. The number of benzene rings is 1. The monoisotopic (exact) mass is 241 g/mol. The topological polar surface area (TPSA) is 35.2 Å². The predicted molar refractivity (Wildman–Crippen MR) is 69.4 cm³/mol. The maximum Gasteiger partial charge on any atom is 0.138 e. The third-order valence-corrected chi connectivity index (χ3v) is 2.85. The second-order valence-electron chi connectivity index (χ2n) is 3.95. The maximum atomic E-state index is 6.12. The van der Waals surface area contributed by atoms with Crippen LogP contribution in [0.1, 0.15) is 30.9 Å². The lowest BCUT2D eigenvalue weighted by Gasteiger charge is -2.11. The Kier molecular flexibility index (Phi) is 5.64. The Labute approximate surface area is 103 Å². The molecule has 0 aliphatic carbocycles. The molecule has 2 N–H and O–H groups in total. The average molecular weight is 242 g/mol. The summed E-state index contributed by atoms with van der Waals surface area (Å²) in [5.74, 6) is 0.782. The minimum Gasteiger partial charge on any atom is -0.492 e. The van der Waals surface area contributed by atoms with Crippen molar-refractivity contribution in [2.45, 2.75) is 33.1 Å². The number of nitrogens with two attached hydrogens (primary N) is 1. The van der Waals surface area contributed by atoms with Crippen molar-refractivity contribution in [3.05, 3.63) is 28.3 Å². The van der Waals surface area contributed by atoms with Gasteiger partial charge in [0, 0.05) is 0 Å². The zero-order valence-electron chi connectivity index (χ0n) is 10.1. The standard InChI is InChI=1S/C13H20ClNO/c1-3-4-7-16-13-9-11(5-6-15)10(2)8-12(13)14/h8-9H,3-7,15H2,1-2H3. The molecule has 90 valence electrons.